The fourth-order valence-corrected chi connectivity index (χ4v) is 2.36. The van der Waals surface area contributed by atoms with Gasteiger partial charge in [0.25, 0.3) is 5.91 Å². The van der Waals surface area contributed by atoms with Crippen molar-refractivity contribution in [1.82, 2.24) is 16.0 Å². The van der Waals surface area contributed by atoms with E-state index in [-0.39, 0.29) is 12.0 Å². The first-order valence-corrected chi connectivity index (χ1v) is 9.16. The Balaban J connectivity index is 1.76. The van der Waals surface area contributed by atoms with Gasteiger partial charge in [-0.25, -0.2) is 4.99 Å². The lowest BCUT2D eigenvalue weighted by atomic mass is 10.2. The number of furan rings is 1. The first-order chi connectivity index (χ1) is 13.1. The van der Waals surface area contributed by atoms with E-state index in [1.807, 2.05) is 45.0 Å². The van der Waals surface area contributed by atoms with Crippen LogP contribution in [0.3, 0.4) is 0 Å². The third-order valence-electron chi connectivity index (χ3n) is 3.72. The molecule has 1 atom stereocenters. The third-order valence-corrected chi connectivity index (χ3v) is 3.72. The number of amides is 1. The summed E-state index contributed by atoms with van der Waals surface area (Å²) in [7, 11) is 0. The normalized spacial score (nSPS) is 12.3. The van der Waals surface area contributed by atoms with Gasteiger partial charge in [0.15, 0.2) is 11.7 Å². The van der Waals surface area contributed by atoms with Crippen LogP contribution in [0.5, 0.6) is 5.75 Å². The highest BCUT2D eigenvalue weighted by molar-refractivity contribution is 5.91. The van der Waals surface area contributed by atoms with Crippen LogP contribution in [0.1, 0.15) is 30.0 Å². The molecule has 146 valence electrons. The summed E-state index contributed by atoms with van der Waals surface area (Å²) in [6.45, 7) is 8.28. The molecule has 1 aromatic carbocycles. The Kier molecular flexibility index (Phi) is 8.22. The molecular weight excluding hydrogens is 344 g/mol. The number of aryl methyl sites for hydroxylation is 1. The van der Waals surface area contributed by atoms with Gasteiger partial charge < -0.3 is 25.1 Å². The summed E-state index contributed by atoms with van der Waals surface area (Å²) in [5, 5.41) is 9.15. The van der Waals surface area contributed by atoms with Crippen LogP contribution < -0.4 is 20.7 Å². The predicted molar refractivity (Wildman–Crippen MR) is 106 cm³/mol. The maximum atomic E-state index is 11.8. The van der Waals surface area contributed by atoms with Crippen molar-refractivity contribution in [2.75, 3.05) is 26.2 Å². The van der Waals surface area contributed by atoms with Gasteiger partial charge in [0.2, 0.25) is 0 Å². The van der Waals surface area contributed by atoms with Crippen LogP contribution in [0, 0.1) is 6.92 Å². The zero-order valence-corrected chi connectivity index (χ0v) is 16.1. The van der Waals surface area contributed by atoms with E-state index in [2.05, 4.69) is 20.9 Å². The standard InChI is InChI=1S/C20H28N4O3/c1-4-21-20(23-12-11-22-19(25)18-10-7-13-26-18)24-14-16(3)27-17-9-6-5-8-15(17)2/h5-10,13,16H,4,11-12,14H2,1-3H3,(H,22,25)(H2,21,23,24). The van der Waals surface area contributed by atoms with Crippen LogP contribution in [-0.2, 0) is 0 Å². The Morgan fingerprint density at radius 3 is 2.63 bits per heavy atom. The summed E-state index contributed by atoms with van der Waals surface area (Å²) < 4.78 is 11.0. The first-order valence-electron chi connectivity index (χ1n) is 9.16. The van der Waals surface area contributed by atoms with Crippen molar-refractivity contribution >= 4 is 11.9 Å². The molecule has 1 aromatic heterocycles. The van der Waals surface area contributed by atoms with Crippen molar-refractivity contribution in [3.63, 3.8) is 0 Å². The minimum absolute atomic E-state index is 0.0554. The second-order valence-corrected chi connectivity index (χ2v) is 6.07. The smallest absolute Gasteiger partial charge is 0.287 e. The van der Waals surface area contributed by atoms with E-state index >= 15 is 0 Å². The number of rotatable bonds is 9. The molecule has 0 fully saturated rings. The monoisotopic (exact) mass is 372 g/mol. The number of hydrogen-bond donors (Lipinski definition) is 3. The molecule has 0 aliphatic rings. The molecule has 0 bridgehead atoms. The number of ether oxygens (including phenoxy) is 1. The number of benzene rings is 1. The average molecular weight is 372 g/mol. The van der Waals surface area contributed by atoms with Gasteiger partial charge in [0.1, 0.15) is 11.9 Å². The second kappa shape index (κ2) is 10.9. The molecule has 2 rings (SSSR count). The number of nitrogens with one attached hydrogen (secondary N) is 3. The van der Waals surface area contributed by atoms with Crippen LogP contribution in [0.15, 0.2) is 52.1 Å². The van der Waals surface area contributed by atoms with Crippen molar-refractivity contribution in [3.8, 4) is 5.75 Å². The van der Waals surface area contributed by atoms with Gasteiger partial charge >= 0.3 is 0 Å². The van der Waals surface area contributed by atoms with Crippen LogP contribution in [0.4, 0.5) is 0 Å². The molecular formula is C20H28N4O3. The highest BCUT2D eigenvalue weighted by Crippen LogP contribution is 2.17. The van der Waals surface area contributed by atoms with Crippen molar-refractivity contribution in [3.05, 3.63) is 54.0 Å². The van der Waals surface area contributed by atoms with E-state index in [4.69, 9.17) is 9.15 Å². The second-order valence-electron chi connectivity index (χ2n) is 6.07. The van der Waals surface area contributed by atoms with Crippen molar-refractivity contribution < 1.29 is 13.9 Å². The van der Waals surface area contributed by atoms with Crippen molar-refractivity contribution in [2.24, 2.45) is 4.99 Å². The molecule has 0 saturated heterocycles. The van der Waals surface area contributed by atoms with Crippen LogP contribution in [0.25, 0.3) is 0 Å². The van der Waals surface area contributed by atoms with E-state index in [9.17, 15) is 4.79 Å². The van der Waals surface area contributed by atoms with Gasteiger partial charge in [-0.05, 0) is 44.5 Å². The van der Waals surface area contributed by atoms with Gasteiger partial charge in [0.05, 0.1) is 12.8 Å². The lowest BCUT2D eigenvalue weighted by molar-refractivity contribution is 0.0926. The number of aliphatic imine (C=N–C) groups is 1. The molecule has 1 unspecified atom stereocenters. The Labute approximate surface area is 160 Å². The van der Waals surface area contributed by atoms with Crippen molar-refractivity contribution in [1.29, 1.82) is 0 Å². The van der Waals surface area contributed by atoms with Crippen LogP contribution >= 0.6 is 0 Å². The number of para-hydroxylation sites is 1. The molecule has 7 heteroatoms. The lowest BCUT2D eigenvalue weighted by Crippen LogP contribution is -2.42. The third kappa shape index (κ3) is 7.05. The number of guanidine groups is 1. The van der Waals surface area contributed by atoms with Crippen molar-refractivity contribution in [2.45, 2.75) is 26.9 Å². The predicted octanol–water partition coefficient (Wildman–Crippen LogP) is 2.34. The zero-order chi connectivity index (χ0) is 19.5. The van der Waals surface area contributed by atoms with Crippen LogP contribution in [0.2, 0.25) is 0 Å². The number of nitrogens with zero attached hydrogens (tertiary/aromatic N) is 1. The summed E-state index contributed by atoms with van der Waals surface area (Å²) in [4.78, 5) is 16.3. The van der Waals surface area contributed by atoms with Gasteiger partial charge in [0, 0.05) is 19.6 Å². The number of carbonyl (C=O) groups excluding carboxylic acids is 1. The summed E-state index contributed by atoms with van der Waals surface area (Å²) in [5.41, 5.74) is 1.10. The molecule has 0 aliphatic heterocycles. The van der Waals surface area contributed by atoms with E-state index in [1.165, 1.54) is 6.26 Å². The molecule has 0 radical (unpaired) electrons. The number of carbonyl (C=O) groups is 1. The summed E-state index contributed by atoms with van der Waals surface area (Å²) in [6.07, 6.45) is 1.42. The maximum Gasteiger partial charge on any atom is 0.287 e. The minimum atomic E-state index is -0.232. The van der Waals surface area contributed by atoms with Gasteiger partial charge in [-0.1, -0.05) is 18.2 Å². The zero-order valence-electron chi connectivity index (χ0n) is 16.1. The number of hydrogen-bond acceptors (Lipinski definition) is 4. The fraction of sp³-hybridized carbons (Fsp3) is 0.400. The average Bonchev–Trinajstić information content (AvgIpc) is 3.19. The highest BCUT2D eigenvalue weighted by atomic mass is 16.5. The molecule has 27 heavy (non-hydrogen) atoms. The molecule has 0 aliphatic carbocycles. The highest BCUT2D eigenvalue weighted by Gasteiger charge is 2.08. The van der Waals surface area contributed by atoms with E-state index in [1.54, 1.807) is 12.1 Å². The molecule has 0 spiro atoms. The van der Waals surface area contributed by atoms with E-state index in [0.717, 1.165) is 17.9 Å². The molecule has 2 aromatic rings. The van der Waals surface area contributed by atoms with Gasteiger partial charge in [-0.3, -0.25) is 4.79 Å². The SMILES string of the molecule is CCNC(=NCC(C)Oc1ccccc1C)NCCNC(=O)c1ccco1. The first kappa shape index (κ1) is 20.4. The Bertz CT molecular complexity index is 729. The lowest BCUT2D eigenvalue weighted by Gasteiger charge is -2.16. The Morgan fingerprint density at radius 1 is 1.15 bits per heavy atom. The Hall–Kier alpha value is -2.96. The van der Waals surface area contributed by atoms with E-state index in [0.29, 0.717) is 31.4 Å². The summed E-state index contributed by atoms with van der Waals surface area (Å²) in [5.74, 6) is 1.63. The minimum Gasteiger partial charge on any atom is -0.489 e. The largest absolute Gasteiger partial charge is 0.489 e. The van der Waals surface area contributed by atoms with E-state index < -0.39 is 0 Å². The maximum absolute atomic E-state index is 11.8. The van der Waals surface area contributed by atoms with Gasteiger partial charge in [-0.2, -0.15) is 0 Å². The summed E-state index contributed by atoms with van der Waals surface area (Å²) >= 11 is 0. The molecule has 3 N–H and O–H groups in total. The quantitative estimate of drug-likeness (QED) is 0.357. The Morgan fingerprint density at radius 2 is 1.93 bits per heavy atom. The molecule has 1 amide bonds. The summed E-state index contributed by atoms with van der Waals surface area (Å²) in [6, 6.07) is 11.2. The molecule has 0 saturated carbocycles. The topological polar surface area (TPSA) is 87.9 Å². The molecule has 7 nitrogen and oxygen atoms in total. The van der Waals surface area contributed by atoms with Crippen LogP contribution in [-0.4, -0.2) is 44.1 Å². The van der Waals surface area contributed by atoms with Gasteiger partial charge in [-0.15, -0.1) is 0 Å². The molecule has 1 heterocycles. The fourth-order valence-electron chi connectivity index (χ4n) is 2.36.